The molecule has 1 aliphatic rings. The van der Waals surface area contributed by atoms with Crippen LogP contribution in [0.15, 0.2) is 18.2 Å². The summed E-state index contributed by atoms with van der Waals surface area (Å²) < 4.78 is 13.2. The molecule has 0 aromatic heterocycles. The molecule has 21 heavy (non-hydrogen) atoms. The monoisotopic (exact) mass is 294 g/mol. The molecule has 116 valence electrons. The van der Waals surface area contributed by atoms with Crippen molar-refractivity contribution in [1.82, 2.24) is 10.2 Å². The normalized spacial score (nSPS) is 14.0. The van der Waals surface area contributed by atoms with Crippen LogP contribution < -0.4 is 5.32 Å². The average Bonchev–Trinajstić information content (AvgIpc) is 3.29. The number of nitrogens with zero attached hydrogens (tertiary/aromatic N) is 1. The fourth-order valence-corrected chi connectivity index (χ4v) is 2.33. The highest BCUT2D eigenvalue weighted by Gasteiger charge is 2.31. The minimum absolute atomic E-state index is 0.0718. The zero-order valence-corrected chi connectivity index (χ0v) is 12.4. The number of urea groups is 1. The van der Waals surface area contributed by atoms with E-state index in [1.165, 1.54) is 6.07 Å². The minimum Gasteiger partial charge on any atom is -0.396 e. The molecule has 1 fully saturated rings. The number of halogens is 1. The van der Waals surface area contributed by atoms with Gasteiger partial charge in [0, 0.05) is 25.7 Å². The summed E-state index contributed by atoms with van der Waals surface area (Å²) in [4.78, 5) is 14.1. The zero-order valence-electron chi connectivity index (χ0n) is 12.4. The van der Waals surface area contributed by atoms with E-state index in [9.17, 15) is 9.18 Å². The van der Waals surface area contributed by atoms with Crippen molar-refractivity contribution >= 4 is 6.03 Å². The summed E-state index contributed by atoms with van der Waals surface area (Å²) in [5, 5.41) is 11.7. The Kier molecular flexibility index (Phi) is 5.56. The van der Waals surface area contributed by atoms with Crippen LogP contribution in [0, 0.1) is 12.7 Å². The second-order valence-electron chi connectivity index (χ2n) is 5.60. The summed E-state index contributed by atoms with van der Waals surface area (Å²) in [5.74, 6) is -0.228. The van der Waals surface area contributed by atoms with Gasteiger partial charge in [0.05, 0.1) is 0 Å². The lowest BCUT2D eigenvalue weighted by Crippen LogP contribution is -2.41. The number of rotatable bonds is 7. The molecule has 4 nitrogen and oxygen atoms in total. The van der Waals surface area contributed by atoms with E-state index in [0.29, 0.717) is 31.1 Å². The number of aliphatic hydroxyl groups excluding tert-OH is 1. The van der Waals surface area contributed by atoms with Crippen LogP contribution in [0.3, 0.4) is 0 Å². The molecule has 2 N–H and O–H groups in total. The van der Waals surface area contributed by atoms with Crippen molar-refractivity contribution in [2.24, 2.45) is 0 Å². The fraction of sp³-hybridized carbons (Fsp3) is 0.562. The maximum atomic E-state index is 13.2. The zero-order chi connectivity index (χ0) is 15.2. The van der Waals surface area contributed by atoms with Crippen LogP contribution in [0.2, 0.25) is 0 Å². The number of aryl methyl sites for hydroxylation is 1. The summed E-state index contributed by atoms with van der Waals surface area (Å²) in [5.41, 5.74) is 1.48. The predicted octanol–water partition coefficient (Wildman–Crippen LogP) is 2.58. The second kappa shape index (κ2) is 7.41. The number of nitrogens with one attached hydrogen (secondary N) is 1. The molecule has 0 aliphatic heterocycles. The summed E-state index contributed by atoms with van der Waals surface area (Å²) in [6, 6.07) is 5.14. The van der Waals surface area contributed by atoms with Crippen molar-refractivity contribution in [1.29, 1.82) is 0 Å². The predicted molar refractivity (Wildman–Crippen MR) is 79.4 cm³/mol. The van der Waals surface area contributed by atoms with Gasteiger partial charge in [-0.3, -0.25) is 0 Å². The van der Waals surface area contributed by atoms with Crippen LogP contribution in [0.25, 0.3) is 0 Å². The minimum atomic E-state index is -0.228. The number of aliphatic hydroxyl groups is 1. The molecule has 0 saturated heterocycles. The SMILES string of the molecule is Cc1cc(CNC(=O)N(CCCCO)C2CC2)ccc1F. The molecule has 0 radical (unpaired) electrons. The van der Waals surface area contributed by atoms with Crippen LogP contribution >= 0.6 is 0 Å². The average molecular weight is 294 g/mol. The Labute approximate surface area is 125 Å². The number of hydrogen-bond acceptors (Lipinski definition) is 2. The van der Waals surface area contributed by atoms with Gasteiger partial charge in [-0.2, -0.15) is 0 Å². The molecular weight excluding hydrogens is 271 g/mol. The highest BCUT2D eigenvalue weighted by molar-refractivity contribution is 5.74. The maximum absolute atomic E-state index is 13.2. The fourth-order valence-electron chi connectivity index (χ4n) is 2.33. The van der Waals surface area contributed by atoms with E-state index < -0.39 is 0 Å². The largest absolute Gasteiger partial charge is 0.396 e. The Hall–Kier alpha value is -1.62. The molecule has 0 bridgehead atoms. The number of benzene rings is 1. The number of amides is 2. The third kappa shape index (κ3) is 4.70. The van der Waals surface area contributed by atoms with E-state index in [0.717, 1.165) is 24.8 Å². The highest BCUT2D eigenvalue weighted by atomic mass is 19.1. The Morgan fingerprint density at radius 1 is 1.43 bits per heavy atom. The van der Waals surface area contributed by atoms with Crippen LogP contribution in [-0.2, 0) is 6.54 Å². The Balaban J connectivity index is 1.85. The first-order valence-electron chi connectivity index (χ1n) is 7.52. The molecule has 2 amide bonds. The van der Waals surface area contributed by atoms with E-state index in [1.54, 1.807) is 19.1 Å². The van der Waals surface area contributed by atoms with Crippen LogP contribution in [0.4, 0.5) is 9.18 Å². The smallest absolute Gasteiger partial charge is 0.317 e. The maximum Gasteiger partial charge on any atom is 0.317 e. The molecule has 0 unspecified atom stereocenters. The van der Waals surface area contributed by atoms with Crippen molar-refractivity contribution < 1.29 is 14.3 Å². The molecule has 1 aromatic carbocycles. The first-order chi connectivity index (χ1) is 10.1. The lowest BCUT2D eigenvalue weighted by atomic mass is 10.1. The number of carbonyl (C=O) groups excluding carboxylic acids is 1. The van der Waals surface area contributed by atoms with Crippen molar-refractivity contribution in [3.63, 3.8) is 0 Å². The van der Waals surface area contributed by atoms with E-state index in [2.05, 4.69) is 5.32 Å². The lowest BCUT2D eigenvalue weighted by Gasteiger charge is -2.22. The summed E-state index contributed by atoms with van der Waals surface area (Å²) in [6.07, 6.45) is 3.65. The molecule has 0 heterocycles. The Bertz CT molecular complexity index is 489. The van der Waals surface area contributed by atoms with Gasteiger partial charge in [0.15, 0.2) is 0 Å². The van der Waals surface area contributed by atoms with Gasteiger partial charge < -0.3 is 15.3 Å². The topological polar surface area (TPSA) is 52.6 Å². The standard InChI is InChI=1S/C16H23FN2O2/c1-12-10-13(4-7-15(12)17)11-18-16(21)19(14-5-6-14)8-2-3-9-20/h4,7,10,14,20H,2-3,5-6,8-9,11H2,1H3,(H,18,21). The van der Waals surface area contributed by atoms with Gasteiger partial charge in [-0.05, 0) is 49.8 Å². The van der Waals surface area contributed by atoms with E-state index in [4.69, 9.17) is 5.11 Å². The van der Waals surface area contributed by atoms with Crippen molar-refractivity contribution in [2.75, 3.05) is 13.2 Å². The van der Waals surface area contributed by atoms with Crippen molar-refractivity contribution in [3.05, 3.63) is 35.1 Å². The molecule has 5 heteroatoms. The highest BCUT2D eigenvalue weighted by Crippen LogP contribution is 2.27. The third-order valence-electron chi connectivity index (χ3n) is 3.72. The number of carbonyl (C=O) groups is 1. The van der Waals surface area contributed by atoms with E-state index in [1.807, 2.05) is 4.90 Å². The Morgan fingerprint density at radius 2 is 2.19 bits per heavy atom. The van der Waals surface area contributed by atoms with Gasteiger partial charge in [-0.15, -0.1) is 0 Å². The van der Waals surface area contributed by atoms with Crippen LogP contribution in [0.5, 0.6) is 0 Å². The van der Waals surface area contributed by atoms with Crippen molar-refractivity contribution in [2.45, 2.75) is 45.2 Å². The summed E-state index contributed by atoms with van der Waals surface area (Å²) in [6.45, 7) is 2.96. The molecule has 1 aromatic rings. The Morgan fingerprint density at radius 3 is 2.81 bits per heavy atom. The van der Waals surface area contributed by atoms with Gasteiger partial charge >= 0.3 is 6.03 Å². The first kappa shape index (κ1) is 15.8. The van der Waals surface area contributed by atoms with E-state index in [-0.39, 0.29) is 18.5 Å². The molecular formula is C16H23FN2O2. The van der Waals surface area contributed by atoms with Crippen molar-refractivity contribution in [3.8, 4) is 0 Å². The first-order valence-corrected chi connectivity index (χ1v) is 7.52. The molecule has 2 rings (SSSR count). The number of hydrogen-bond donors (Lipinski definition) is 2. The van der Waals surface area contributed by atoms with Gasteiger partial charge in [-0.25, -0.2) is 9.18 Å². The third-order valence-corrected chi connectivity index (χ3v) is 3.72. The lowest BCUT2D eigenvalue weighted by molar-refractivity contribution is 0.190. The molecule has 0 atom stereocenters. The molecule has 0 spiro atoms. The van der Waals surface area contributed by atoms with E-state index >= 15 is 0 Å². The van der Waals surface area contributed by atoms with Gasteiger partial charge in [0.25, 0.3) is 0 Å². The second-order valence-corrected chi connectivity index (χ2v) is 5.60. The molecule has 1 aliphatic carbocycles. The van der Waals surface area contributed by atoms with Gasteiger partial charge in [0.1, 0.15) is 5.82 Å². The van der Waals surface area contributed by atoms with Gasteiger partial charge in [-0.1, -0.05) is 12.1 Å². The summed E-state index contributed by atoms with van der Waals surface area (Å²) >= 11 is 0. The van der Waals surface area contributed by atoms with Crippen LogP contribution in [-0.4, -0.2) is 35.2 Å². The molecule has 1 saturated carbocycles. The number of unbranched alkanes of at least 4 members (excludes halogenated alkanes) is 1. The summed E-state index contributed by atoms with van der Waals surface area (Å²) in [7, 11) is 0. The quantitative estimate of drug-likeness (QED) is 0.759. The van der Waals surface area contributed by atoms with Crippen LogP contribution in [0.1, 0.15) is 36.8 Å². The van der Waals surface area contributed by atoms with Gasteiger partial charge in [0.2, 0.25) is 0 Å².